The minimum Gasteiger partial charge on any atom is -0.346 e. The van der Waals surface area contributed by atoms with E-state index in [1.54, 1.807) is 12.1 Å². The van der Waals surface area contributed by atoms with E-state index in [0.29, 0.717) is 23.9 Å². The molecular weight excluding hydrogens is 394 g/mol. The van der Waals surface area contributed by atoms with E-state index in [0.717, 1.165) is 12.8 Å². The Morgan fingerprint density at radius 3 is 2.61 bits per heavy atom. The lowest BCUT2D eigenvalue weighted by Gasteiger charge is -2.26. The van der Waals surface area contributed by atoms with Crippen molar-refractivity contribution in [2.24, 2.45) is 5.92 Å². The molecule has 162 valence electrons. The zero-order valence-electron chi connectivity index (χ0n) is 17.8. The molecule has 31 heavy (non-hydrogen) atoms. The number of benzene rings is 2. The molecule has 0 spiro atoms. The number of fused-ring (bicyclic) bond motifs is 2. The number of rotatable bonds is 6. The summed E-state index contributed by atoms with van der Waals surface area (Å²) < 4.78 is 19.9. The quantitative estimate of drug-likeness (QED) is 0.608. The molecule has 2 saturated heterocycles. The lowest BCUT2D eigenvalue weighted by Crippen LogP contribution is -2.33. The van der Waals surface area contributed by atoms with Gasteiger partial charge in [0.2, 0.25) is 0 Å². The third kappa shape index (κ3) is 4.13. The van der Waals surface area contributed by atoms with Gasteiger partial charge >= 0.3 is 0 Å². The fourth-order valence-corrected chi connectivity index (χ4v) is 4.66. The summed E-state index contributed by atoms with van der Waals surface area (Å²) in [5.74, 6) is -0.562. The molecule has 0 bridgehead atoms. The summed E-state index contributed by atoms with van der Waals surface area (Å²) in [5, 5.41) is 8.92. The van der Waals surface area contributed by atoms with E-state index in [1.165, 1.54) is 10.2 Å². The highest BCUT2D eigenvalue weighted by atomic mass is 16.8. The van der Waals surface area contributed by atoms with Crippen molar-refractivity contribution in [2.45, 2.75) is 63.9 Å². The third-order valence-corrected chi connectivity index (χ3v) is 6.16. The van der Waals surface area contributed by atoms with Gasteiger partial charge in [0.15, 0.2) is 12.1 Å². The maximum absolute atomic E-state index is 12.8. The van der Waals surface area contributed by atoms with Gasteiger partial charge in [0, 0.05) is 12.5 Å². The van der Waals surface area contributed by atoms with Crippen LogP contribution in [-0.4, -0.2) is 39.3 Å². The van der Waals surface area contributed by atoms with E-state index in [4.69, 9.17) is 14.2 Å². The molecule has 2 aromatic carbocycles. The number of hydrogen-bond donors (Lipinski definition) is 0. The summed E-state index contributed by atoms with van der Waals surface area (Å²) in [5.41, 5.74) is 1.77. The van der Waals surface area contributed by atoms with Crippen LogP contribution in [0.3, 0.4) is 0 Å². The van der Waals surface area contributed by atoms with Crippen LogP contribution in [0, 0.1) is 5.92 Å². The normalized spacial score (nSPS) is 26.9. The van der Waals surface area contributed by atoms with Crippen molar-refractivity contribution >= 4 is 10.9 Å². The molecule has 2 aliphatic heterocycles. The molecule has 7 nitrogen and oxygen atoms in total. The van der Waals surface area contributed by atoms with Crippen LogP contribution >= 0.6 is 0 Å². The predicted molar refractivity (Wildman–Crippen MR) is 115 cm³/mol. The van der Waals surface area contributed by atoms with Gasteiger partial charge in [-0.25, -0.2) is 4.68 Å². The first-order chi connectivity index (χ1) is 15.0. The van der Waals surface area contributed by atoms with Crippen molar-refractivity contribution in [1.29, 1.82) is 0 Å². The molecule has 7 heteroatoms. The van der Waals surface area contributed by atoms with E-state index >= 15 is 0 Å². The molecule has 0 amide bonds. The van der Waals surface area contributed by atoms with Crippen LogP contribution in [0.25, 0.3) is 10.9 Å². The van der Waals surface area contributed by atoms with E-state index in [-0.39, 0.29) is 30.0 Å². The third-order valence-electron chi connectivity index (χ3n) is 6.16. The Hall–Kier alpha value is -2.61. The molecule has 2 fully saturated rings. The van der Waals surface area contributed by atoms with Gasteiger partial charge in [-0.05, 0) is 50.8 Å². The molecule has 0 radical (unpaired) electrons. The predicted octanol–water partition coefficient (Wildman–Crippen LogP) is 3.31. The minimum atomic E-state index is -0.669. The highest BCUT2D eigenvalue weighted by molar-refractivity contribution is 5.76. The number of nitrogens with zero attached hydrogens (tertiary/aromatic N) is 3. The van der Waals surface area contributed by atoms with Crippen LogP contribution in [0.5, 0.6) is 0 Å². The smallest absolute Gasteiger partial charge is 0.277 e. The van der Waals surface area contributed by atoms with Gasteiger partial charge in [-0.1, -0.05) is 47.7 Å². The van der Waals surface area contributed by atoms with Gasteiger partial charge < -0.3 is 14.2 Å². The van der Waals surface area contributed by atoms with E-state index < -0.39 is 5.79 Å². The van der Waals surface area contributed by atoms with E-state index in [2.05, 4.69) is 34.6 Å². The standard InChI is InChI=1S/C24H27N3O4/c1-24(2)30-21-18(14-15-27-22(28)17-10-6-7-11-19(17)25-26-27)20(29-23(21)31-24)13-12-16-8-4-3-5-9-16/h3-11,18,20-21,23H,12-15H2,1-2H3/t18-,20+,21-,23-/m0/s1. The molecule has 3 heterocycles. The van der Waals surface area contributed by atoms with Crippen LogP contribution in [0.15, 0.2) is 59.4 Å². The number of ether oxygens (including phenoxy) is 3. The molecular formula is C24H27N3O4. The second-order valence-electron chi connectivity index (χ2n) is 8.75. The fourth-order valence-electron chi connectivity index (χ4n) is 4.66. The van der Waals surface area contributed by atoms with Gasteiger partial charge in [-0.2, -0.15) is 0 Å². The van der Waals surface area contributed by atoms with Crippen molar-refractivity contribution < 1.29 is 14.2 Å². The second-order valence-corrected chi connectivity index (χ2v) is 8.75. The Morgan fingerprint density at radius 1 is 1.00 bits per heavy atom. The highest BCUT2D eigenvalue weighted by Gasteiger charge is 2.53. The van der Waals surface area contributed by atoms with Crippen LogP contribution in [-0.2, 0) is 27.2 Å². The largest absolute Gasteiger partial charge is 0.346 e. The Bertz CT molecular complexity index is 1110. The number of aryl methyl sites for hydroxylation is 2. The molecule has 0 saturated carbocycles. The summed E-state index contributed by atoms with van der Waals surface area (Å²) in [4.78, 5) is 12.8. The lowest BCUT2D eigenvalue weighted by molar-refractivity contribution is -0.210. The van der Waals surface area contributed by atoms with Crippen LogP contribution in [0.2, 0.25) is 0 Å². The molecule has 1 aromatic heterocycles. The van der Waals surface area contributed by atoms with Crippen molar-refractivity contribution in [3.05, 3.63) is 70.5 Å². The van der Waals surface area contributed by atoms with Gasteiger partial charge in [-0.3, -0.25) is 4.79 Å². The summed E-state index contributed by atoms with van der Waals surface area (Å²) in [6, 6.07) is 17.7. The molecule has 4 atom stereocenters. The Kier molecular flexibility index (Phi) is 5.33. The Morgan fingerprint density at radius 2 is 1.77 bits per heavy atom. The average Bonchev–Trinajstić information content (AvgIpc) is 3.24. The molecule has 5 rings (SSSR count). The molecule has 0 aliphatic carbocycles. The topological polar surface area (TPSA) is 75.5 Å². The Balaban J connectivity index is 1.33. The zero-order valence-corrected chi connectivity index (χ0v) is 17.8. The summed E-state index contributed by atoms with van der Waals surface area (Å²) in [6.45, 7) is 4.27. The van der Waals surface area contributed by atoms with E-state index in [9.17, 15) is 4.79 Å². The average molecular weight is 421 g/mol. The first-order valence-corrected chi connectivity index (χ1v) is 10.9. The molecule has 2 aliphatic rings. The van der Waals surface area contributed by atoms with Gasteiger partial charge in [-0.15, -0.1) is 5.10 Å². The van der Waals surface area contributed by atoms with Crippen molar-refractivity contribution in [3.63, 3.8) is 0 Å². The number of aromatic nitrogens is 3. The van der Waals surface area contributed by atoms with E-state index in [1.807, 2.05) is 32.0 Å². The highest BCUT2D eigenvalue weighted by Crippen LogP contribution is 2.43. The monoisotopic (exact) mass is 421 g/mol. The molecule has 0 N–H and O–H groups in total. The minimum absolute atomic E-state index is 0.00424. The Labute approximate surface area is 180 Å². The SMILES string of the molecule is CC1(C)O[C@@H]2O[C@H](CCc3ccccc3)[C@H](CCn3nnc4ccccc4c3=O)[C@@H]2O1. The van der Waals surface area contributed by atoms with Gasteiger partial charge in [0.1, 0.15) is 11.6 Å². The van der Waals surface area contributed by atoms with Gasteiger partial charge in [0.25, 0.3) is 5.56 Å². The summed E-state index contributed by atoms with van der Waals surface area (Å²) >= 11 is 0. The first kappa shape index (κ1) is 20.3. The van der Waals surface area contributed by atoms with Crippen LogP contribution in [0.4, 0.5) is 0 Å². The van der Waals surface area contributed by atoms with Crippen LogP contribution < -0.4 is 5.56 Å². The fraction of sp³-hybridized carbons (Fsp3) is 0.458. The zero-order chi connectivity index (χ0) is 21.4. The number of hydrogen-bond acceptors (Lipinski definition) is 6. The van der Waals surface area contributed by atoms with Gasteiger partial charge in [0.05, 0.1) is 11.5 Å². The second kappa shape index (κ2) is 8.15. The maximum Gasteiger partial charge on any atom is 0.277 e. The maximum atomic E-state index is 12.8. The first-order valence-electron chi connectivity index (χ1n) is 10.9. The van der Waals surface area contributed by atoms with Crippen LogP contribution in [0.1, 0.15) is 32.3 Å². The molecule has 0 unspecified atom stereocenters. The lowest BCUT2D eigenvalue weighted by atomic mass is 9.91. The molecule has 3 aromatic rings. The summed E-state index contributed by atoms with van der Waals surface area (Å²) in [7, 11) is 0. The van der Waals surface area contributed by atoms with Crippen molar-refractivity contribution in [1.82, 2.24) is 15.0 Å². The summed E-state index contributed by atoms with van der Waals surface area (Å²) in [6.07, 6.45) is 1.95. The van der Waals surface area contributed by atoms with Crippen molar-refractivity contribution in [3.8, 4) is 0 Å². The van der Waals surface area contributed by atoms with Crippen molar-refractivity contribution in [2.75, 3.05) is 0 Å².